The van der Waals surface area contributed by atoms with Crippen molar-refractivity contribution in [1.29, 1.82) is 0 Å². The summed E-state index contributed by atoms with van der Waals surface area (Å²) in [5.74, 6) is -0.196. The van der Waals surface area contributed by atoms with Crippen molar-refractivity contribution in [2.75, 3.05) is 11.1 Å². The highest BCUT2D eigenvalue weighted by molar-refractivity contribution is 7.17. The standard InChI is InChI=1S/C26H23N5OS2/c1-17-4-2-5-18(14-17)11-12-31-16-22(29-30-31)24-9-10-25(34-24)26(32)28-21-15-19(7-8-20(21)27)23-6-3-13-33-23/h2-10,13-16H,11-12,27H2,1H3,(H,28,32). The summed E-state index contributed by atoms with van der Waals surface area (Å²) in [7, 11) is 0. The van der Waals surface area contributed by atoms with E-state index < -0.39 is 0 Å². The van der Waals surface area contributed by atoms with Crippen LogP contribution >= 0.6 is 22.7 Å². The number of aryl methyl sites for hydroxylation is 3. The molecule has 6 nitrogen and oxygen atoms in total. The van der Waals surface area contributed by atoms with Crippen LogP contribution in [0.1, 0.15) is 20.8 Å². The zero-order chi connectivity index (χ0) is 23.5. The molecule has 5 aromatic rings. The topological polar surface area (TPSA) is 85.8 Å². The summed E-state index contributed by atoms with van der Waals surface area (Å²) in [5, 5.41) is 13.5. The van der Waals surface area contributed by atoms with Crippen molar-refractivity contribution in [2.45, 2.75) is 19.9 Å². The minimum atomic E-state index is -0.196. The average Bonchev–Trinajstić information content (AvgIpc) is 3.61. The van der Waals surface area contributed by atoms with Crippen LogP contribution in [0.15, 0.2) is 78.3 Å². The molecule has 0 aliphatic heterocycles. The number of hydrogen-bond acceptors (Lipinski definition) is 6. The maximum Gasteiger partial charge on any atom is 0.265 e. The minimum Gasteiger partial charge on any atom is -0.397 e. The van der Waals surface area contributed by atoms with E-state index in [-0.39, 0.29) is 5.91 Å². The van der Waals surface area contributed by atoms with E-state index in [4.69, 9.17) is 5.73 Å². The first-order valence-corrected chi connectivity index (χ1v) is 12.6. The normalized spacial score (nSPS) is 11.0. The van der Waals surface area contributed by atoms with Crippen molar-refractivity contribution in [3.8, 4) is 21.0 Å². The Hall–Kier alpha value is -3.75. The van der Waals surface area contributed by atoms with Crippen molar-refractivity contribution in [3.05, 3.63) is 94.3 Å². The summed E-state index contributed by atoms with van der Waals surface area (Å²) >= 11 is 3.03. The smallest absolute Gasteiger partial charge is 0.265 e. The number of nitrogen functional groups attached to an aromatic ring is 1. The SMILES string of the molecule is Cc1cccc(CCn2cc(-c3ccc(C(=O)Nc4cc(-c5cccs5)ccc4N)s3)nn2)c1. The molecule has 34 heavy (non-hydrogen) atoms. The second-order valence-electron chi connectivity index (χ2n) is 8.00. The molecule has 8 heteroatoms. The lowest BCUT2D eigenvalue weighted by Crippen LogP contribution is -2.11. The molecule has 3 heterocycles. The van der Waals surface area contributed by atoms with Crippen molar-refractivity contribution >= 4 is 40.0 Å². The van der Waals surface area contributed by atoms with E-state index in [9.17, 15) is 4.79 Å². The average molecular weight is 486 g/mol. The number of thiophene rings is 2. The van der Waals surface area contributed by atoms with E-state index in [1.54, 1.807) is 17.4 Å². The molecule has 5 rings (SSSR count). The Morgan fingerprint density at radius 3 is 2.79 bits per heavy atom. The fourth-order valence-electron chi connectivity index (χ4n) is 3.67. The number of anilines is 2. The summed E-state index contributed by atoms with van der Waals surface area (Å²) in [6.07, 6.45) is 2.81. The summed E-state index contributed by atoms with van der Waals surface area (Å²) in [5.41, 5.74) is 11.6. The van der Waals surface area contributed by atoms with Gasteiger partial charge >= 0.3 is 0 Å². The molecule has 0 aliphatic carbocycles. The van der Waals surface area contributed by atoms with Crippen LogP contribution in [0.4, 0.5) is 11.4 Å². The molecule has 0 aliphatic rings. The fourth-order valence-corrected chi connectivity index (χ4v) is 5.25. The lowest BCUT2D eigenvalue weighted by Gasteiger charge is -2.09. The van der Waals surface area contributed by atoms with Crippen molar-refractivity contribution in [2.24, 2.45) is 0 Å². The van der Waals surface area contributed by atoms with Crippen LogP contribution in [-0.4, -0.2) is 20.9 Å². The molecule has 0 fully saturated rings. The van der Waals surface area contributed by atoms with Gasteiger partial charge in [0, 0.05) is 11.4 Å². The number of nitrogens with zero attached hydrogens (tertiary/aromatic N) is 3. The third kappa shape index (κ3) is 4.93. The van der Waals surface area contributed by atoms with Gasteiger partial charge in [0.15, 0.2) is 0 Å². The minimum absolute atomic E-state index is 0.196. The molecule has 3 aromatic heterocycles. The van der Waals surface area contributed by atoms with Gasteiger partial charge in [-0.25, -0.2) is 0 Å². The Labute approximate surface area is 205 Å². The van der Waals surface area contributed by atoms with Gasteiger partial charge in [0.05, 0.1) is 27.3 Å². The van der Waals surface area contributed by atoms with Crippen LogP contribution in [0, 0.1) is 6.92 Å². The number of aromatic nitrogens is 3. The summed E-state index contributed by atoms with van der Waals surface area (Å²) in [6.45, 7) is 2.84. The highest BCUT2D eigenvalue weighted by Crippen LogP contribution is 2.31. The van der Waals surface area contributed by atoms with Crippen molar-refractivity contribution < 1.29 is 4.79 Å². The summed E-state index contributed by atoms with van der Waals surface area (Å²) in [4.78, 5) is 15.5. The number of nitrogens with one attached hydrogen (secondary N) is 1. The number of hydrogen-bond donors (Lipinski definition) is 2. The number of rotatable bonds is 7. The fraction of sp³-hybridized carbons (Fsp3) is 0.115. The molecule has 0 unspecified atom stereocenters. The molecule has 0 saturated heterocycles. The van der Waals surface area contributed by atoms with Gasteiger partial charge in [0.2, 0.25) is 0 Å². The second kappa shape index (κ2) is 9.62. The van der Waals surface area contributed by atoms with E-state index >= 15 is 0 Å². The maximum absolute atomic E-state index is 12.9. The van der Waals surface area contributed by atoms with Crippen LogP contribution in [0.25, 0.3) is 21.0 Å². The predicted octanol–water partition coefficient (Wildman–Crippen LogP) is 6.12. The van der Waals surface area contributed by atoms with Gasteiger partial charge in [-0.15, -0.1) is 27.8 Å². The summed E-state index contributed by atoms with van der Waals surface area (Å²) < 4.78 is 1.84. The molecule has 0 atom stereocenters. The Bertz CT molecular complexity index is 1440. The number of carbonyl (C=O) groups excluding carboxylic acids is 1. The first-order valence-electron chi connectivity index (χ1n) is 10.9. The first-order chi connectivity index (χ1) is 16.5. The quantitative estimate of drug-likeness (QED) is 0.272. The van der Waals surface area contributed by atoms with Gasteiger partial charge in [-0.1, -0.05) is 47.2 Å². The van der Waals surface area contributed by atoms with Gasteiger partial charge in [-0.2, -0.15) is 0 Å². The highest BCUT2D eigenvalue weighted by Gasteiger charge is 2.14. The van der Waals surface area contributed by atoms with Gasteiger partial charge in [-0.05, 0) is 60.2 Å². The van der Waals surface area contributed by atoms with Crippen LogP contribution in [0.5, 0.6) is 0 Å². The molecular formula is C26H23N5OS2. The summed E-state index contributed by atoms with van der Waals surface area (Å²) in [6, 6.07) is 21.9. The molecule has 0 saturated carbocycles. The third-order valence-electron chi connectivity index (χ3n) is 5.44. The maximum atomic E-state index is 12.9. The molecule has 1 amide bonds. The van der Waals surface area contributed by atoms with Crippen LogP contribution in [0.2, 0.25) is 0 Å². The van der Waals surface area contributed by atoms with Crippen molar-refractivity contribution in [3.63, 3.8) is 0 Å². The lowest BCUT2D eigenvalue weighted by atomic mass is 10.1. The number of carbonyl (C=O) groups is 1. The largest absolute Gasteiger partial charge is 0.397 e. The number of amides is 1. The first kappa shape index (κ1) is 22.1. The Balaban J connectivity index is 1.26. The zero-order valence-corrected chi connectivity index (χ0v) is 20.2. The molecule has 0 radical (unpaired) electrons. The van der Waals surface area contributed by atoms with E-state index in [1.165, 1.54) is 22.5 Å². The van der Waals surface area contributed by atoms with Gasteiger partial charge < -0.3 is 11.1 Å². The highest BCUT2D eigenvalue weighted by atomic mass is 32.1. The van der Waals surface area contributed by atoms with Crippen LogP contribution in [-0.2, 0) is 13.0 Å². The monoisotopic (exact) mass is 485 g/mol. The van der Waals surface area contributed by atoms with Crippen molar-refractivity contribution in [1.82, 2.24) is 15.0 Å². The van der Waals surface area contributed by atoms with Crippen LogP contribution in [0.3, 0.4) is 0 Å². The van der Waals surface area contributed by atoms with Gasteiger partial charge in [0.1, 0.15) is 5.69 Å². The Kier molecular flexibility index (Phi) is 6.24. The zero-order valence-electron chi connectivity index (χ0n) is 18.6. The molecule has 2 aromatic carbocycles. The molecular weight excluding hydrogens is 462 g/mol. The Morgan fingerprint density at radius 2 is 1.97 bits per heavy atom. The number of nitrogens with two attached hydrogens (primary N) is 1. The van der Waals surface area contributed by atoms with E-state index in [1.807, 2.05) is 52.7 Å². The molecule has 0 bridgehead atoms. The van der Waals surface area contributed by atoms with E-state index in [0.717, 1.165) is 34.0 Å². The molecule has 0 spiro atoms. The lowest BCUT2D eigenvalue weighted by molar-refractivity contribution is 0.103. The second-order valence-corrected chi connectivity index (χ2v) is 10.0. The van der Waals surface area contributed by atoms with Gasteiger partial charge in [-0.3, -0.25) is 9.48 Å². The number of benzene rings is 2. The molecule has 170 valence electrons. The van der Waals surface area contributed by atoms with Gasteiger partial charge in [0.25, 0.3) is 5.91 Å². The third-order valence-corrected chi connectivity index (χ3v) is 7.47. The van der Waals surface area contributed by atoms with E-state index in [0.29, 0.717) is 16.3 Å². The van der Waals surface area contributed by atoms with Crippen LogP contribution < -0.4 is 11.1 Å². The van der Waals surface area contributed by atoms with E-state index in [2.05, 4.69) is 46.8 Å². The molecule has 3 N–H and O–H groups in total. The Morgan fingerprint density at radius 1 is 1.06 bits per heavy atom. The predicted molar refractivity (Wildman–Crippen MR) is 140 cm³/mol.